The van der Waals surface area contributed by atoms with Gasteiger partial charge in [0.1, 0.15) is 23.8 Å². The van der Waals surface area contributed by atoms with Crippen LogP contribution in [0.15, 0.2) is 47.8 Å². The minimum absolute atomic E-state index is 0.287. The Morgan fingerprint density at radius 3 is 2.30 bits per heavy atom. The number of benzene rings is 2. The van der Waals surface area contributed by atoms with Gasteiger partial charge in [-0.3, -0.25) is 0 Å². The molecule has 1 aliphatic heterocycles. The number of aromatic nitrogens is 1. The molecule has 8 nitrogen and oxygen atoms in total. The van der Waals surface area contributed by atoms with E-state index >= 15 is 0 Å². The number of methoxy groups -OCH3 is 3. The lowest BCUT2D eigenvalue weighted by atomic mass is 9.95. The van der Waals surface area contributed by atoms with Crippen LogP contribution in [0.25, 0.3) is 32.5 Å². The quantitative estimate of drug-likeness (QED) is 0.181. The van der Waals surface area contributed by atoms with Gasteiger partial charge >= 0.3 is 6.09 Å². The second kappa shape index (κ2) is 19.2. The molecular weight excluding hydrogens is 619 g/mol. The molecule has 0 aliphatic carbocycles. The third-order valence-electron chi connectivity index (χ3n) is 6.67. The highest BCUT2D eigenvalue weighted by Gasteiger charge is 2.27. The topological polar surface area (TPSA) is 79.4 Å². The summed E-state index contributed by atoms with van der Waals surface area (Å²) in [4.78, 5) is 19.3. The fourth-order valence-corrected chi connectivity index (χ4v) is 5.80. The molecule has 3 heterocycles. The summed E-state index contributed by atoms with van der Waals surface area (Å²) in [7, 11) is 6.43. The maximum absolute atomic E-state index is 14.2. The second-order valence-corrected chi connectivity index (χ2v) is 11.9. The number of hydrogen-bond acceptors (Lipinski definition) is 8. The fourth-order valence-electron chi connectivity index (χ4n) is 4.85. The van der Waals surface area contributed by atoms with Crippen LogP contribution in [0.4, 0.5) is 9.18 Å². The van der Waals surface area contributed by atoms with Crippen molar-refractivity contribution in [3.63, 3.8) is 0 Å². The molecule has 1 amide bonds. The van der Waals surface area contributed by atoms with E-state index in [9.17, 15) is 9.18 Å². The highest BCUT2D eigenvalue weighted by Crippen LogP contribution is 2.46. The largest absolute Gasteiger partial charge is 0.490 e. The van der Waals surface area contributed by atoms with Gasteiger partial charge in [0.2, 0.25) is 5.88 Å². The zero-order chi connectivity index (χ0) is 35.1. The molecule has 0 saturated heterocycles. The first-order valence-corrected chi connectivity index (χ1v) is 16.8. The second-order valence-electron chi connectivity index (χ2n) is 11.0. The van der Waals surface area contributed by atoms with Crippen LogP contribution in [-0.2, 0) is 27.2 Å². The molecule has 0 radical (unpaired) electrons. The van der Waals surface area contributed by atoms with Crippen LogP contribution in [0.1, 0.15) is 59.6 Å². The number of carbonyl (C=O) groups is 1. The number of rotatable bonds is 7. The predicted molar refractivity (Wildman–Crippen MR) is 190 cm³/mol. The van der Waals surface area contributed by atoms with E-state index in [1.807, 2.05) is 66.0 Å². The van der Waals surface area contributed by atoms with Crippen molar-refractivity contribution in [3.8, 4) is 34.0 Å². The van der Waals surface area contributed by atoms with Crippen molar-refractivity contribution in [1.82, 2.24) is 9.88 Å². The van der Waals surface area contributed by atoms with Crippen LogP contribution < -0.4 is 9.47 Å². The van der Waals surface area contributed by atoms with Gasteiger partial charge in [0.15, 0.2) is 0 Å². The minimum Gasteiger partial charge on any atom is -0.490 e. The van der Waals surface area contributed by atoms with Gasteiger partial charge in [-0.2, -0.15) is 0 Å². The van der Waals surface area contributed by atoms with E-state index < -0.39 is 5.60 Å². The number of halogens is 1. The zero-order valence-electron chi connectivity index (χ0n) is 29.8. The van der Waals surface area contributed by atoms with Gasteiger partial charge < -0.3 is 28.6 Å². The van der Waals surface area contributed by atoms with Crippen molar-refractivity contribution in [2.45, 2.75) is 67.0 Å². The molecule has 2 aromatic carbocycles. The number of fused-ring (bicyclic) bond motifs is 2. The maximum atomic E-state index is 14.2. The number of pyridine rings is 1. The van der Waals surface area contributed by atoms with Gasteiger partial charge in [-0.05, 0) is 68.0 Å². The first kappa shape index (κ1) is 39.4. The van der Waals surface area contributed by atoms with E-state index in [0.29, 0.717) is 36.9 Å². The van der Waals surface area contributed by atoms with E-state index in [-0.39, 0.29) is 18.5 Å². The van der Waals surface area contributed by atoms with Crippen LogP contribution in [-0.4, -0.2) is 69.8 Å². The number of carbonyl (C=O) groups excluding carboxylic acids is 1. The summed E-state index contributed by atoms with van der Waals surface area (Å²) in [6.07, 6.45) is 0.429. The average molecular weight is 671 g/mol. The molecule has 1 aliphatic rings. The van der Waals surface area contributed by atoms with Crippen LogP contribution in [0, 0.1) is 5.82 Å². The maximum Gasteiger partial charge on any atom is 0.410 e. The molecule has 0 unspecified atom stereocenters. The highest BCUT2D eigenvalue weighted by atomic mass is 32.1. The Hall–Kier alpha value is -3.73. The Bertz CT molecular complexity index is 1570. The van der Waals surface area contributed by atoms with Gasteiger partial charge in [0.25, 0.3) is 0 Å². The van der Waals surface area contributed by atoms with E-state index in [1.165, 1.54) is 17.7 Å². The number of hydrogen-bond donors (Lipinski definition) is 0. The highest BCUT2D eigenvalue weighted by molar-refractivity contribution is 7.18. The molecule has 0 fully saturated rings. The molecule has 258 valence electrons. The number of ether oxygens (including phenoxy) is 5. The van der Waals surface area contributed by atoms with Crippen molar-refractivity contribution < 1.29 is 32.9 Å². The van der Waals surface area contributed by atoms with Crippen molar-refractivity contribution in [1.29, 1.82) is 0 Å². The Morgan fingerprint density at radius 2 is 1.66 bits per heavy atom. The van der Waals surface area contributed by atoms with Crippen LogP contribution >= 0.6 is 11.3 Å². The summed E-state index contributed by atoms with van der Waals surface area (Å²) in [5, 5.41) is 2.99. The van der Waals surface area contributed by atoms with Crippen molar-refractivity contribution in [2.24, 2.45) is 0 Å². The molecule has 0 bridgehead atoms. The minimum atomic E-state index is -0.533. The number of amides is 1. The fraction of sp³-hybridized carbons (Fsp3) is 0.459. The first-order valence-electron chi connectivity index (χ1n) is 16.0. The van der Waals surface area contributed by atoms with Gasteiger partial charge in [-0.25, -0.2) is 14.2 Å². The normalized spacial score (nSPS) is 12.0. The van der Waals surface area contributed by atoms with Crippen molar-refractivity contribution in [3.05, 3.63) is 64.8 Å². The van der Waals surface area contributed by atoms with Crippen LogP contribution in [0.3, 0.4) is 0 Å². The molecule has 0 spiro atoms. The Morgan fingerprint density at radius 1 is 0.957 bits per heavy atom. The lowest BCUT2D eigenvalue weighted by Crippen LogP contribution is -2.39. The lowest BCUT2D eigenvalue weighted by molar-refractivity contribution is 0.0224. The average Bonchev–Trinajstić information content (AvgIpc) is 3.55. The number of thiophene rings is 1. The molecule has 2 aromatic heterocycles. The standard InChI is InChI=1S/C31H33FN2O5S.C2H6O.2C2H6/c1-31(2,3)39-30(35)34-12-10-19-16-20(6-7-21(19)18-34)27-24-11-15-40-28(24)26(29(33-27)37-5)23-9-8-22(32)17-25(23)38-14-13-36-4;1-3-2;2*1-2/h6-9,11,15-17H,10,12-14,18H2,1-5H3;1-2H3;2*1-2H3. The Labute approximate surface area is 283 Å². The molecular formula is C37H51FN2O6S. The molecule has 0 N–H and O–H groups in total. The summed E-state index contributed by atoms with van der Waals surface area (Å²) in [6, 6.07) is 12.8. The molecule has 0 saturated carbocycles. The molecule has 47 heavy (non-hydrogen) atoms. The van der Waals surface area contributed by atoms with Crippen LogP contribution in [0.2, 0.25) is 0 Å². The molecule has 0 atom stereocenters. The summed E-state index contributed by atoms with van der Waals surface area (Å²) < 4.78 is 41.8. The van der Waals surface area contributed by atoms with Gasteiger partial charge in [0, 0.05) is 61.7 Å². The third-order valence-corrected chi connectivity index (χ3v) is 7.60. The van der Waals surface area contributed by atoms with E-state index in [4.69, 9.17) is 23.9 Å². The summed E-state index contributed by atoms with van der Waals surface area (Å²) in [6.45, 7) is 15.4. The summed E-state index contributed by atoms with van der Waals surface area (Å²) in [5.74, 6) is 0.450. The number of nitrogens with zero attached hydrogens (tertiary/aromatic N) is 2. The Balaban J connectivity index is 0.00000102. The molecule has 10 heteroatoms. The van der Waals surface area contributed by atoms with Gasteiger partial charge in [0.05, 0.1) is 25.0 Å². The third kappa shape index (κ3) is 10.4. The SMILES string of the molecule is CC.CC.COC.COCCOc1cc(F)ccc1-c1c(OC)nc(-c2ccc3c(c2)CCN(C(=O)OC(C)(C)C)C3)c2ccsc12. The van der Waals surface area contributed by atoms with E-state index in [2.05, 4.69) is 16.9 Å². The summed E-state index contributed by atoms with van der Waals surface area (Å²) in [5.41, 5.74) is 4.97. The van der Waals surface area contributed by atoms with Gasteiger partial charge in [-0.1, -0.05) is 39.8 Å². The monoisotopic (exact) mass is 670 g/mol. The smallest absolute Gasteiger partial charge is 0.410 e. The van der Waals surface area contributed by atoms with E-state index in [1.54, 1.807) is 50.7 Å². The van der Waals surface area contributed by atoms with Crippen LogP contribution in [0.5, 0.6) is 11.6 Å². The summed E-state index contributed by atoms with van der Waals surface area (Å²) >= 11 is 1.57. The van der Waals surface area contributed by atoms with Crippen molar-refractivity contribution in [2.75, 3.05) is 48.2 Å². The van der Waals surface area contributed by atoms with Crippen molar-refractivity contribution >= 4 is 27.5 Å². The van der Waals surface area contributed by atoms with E-state index in [0.717, 1.165) is 38.9 Å². The molecule has 5 rings (SSSR count). The Kier molecular flexibility index (Phi) is 16.1. The molecule has 4 aromatic rings. The lowest BCUT2D eigenvalue weighted by Gasteiger charge is -2.31. The van der Waals surface area contributed by atoms with Gasteiger partial charge in [-0.15, -0.1) is 11.3 Å². The predicted octanol–water partition coefficient (Wildman–Crippen LogP) is 9.41. The first-order chi connectivity index (χ1) is 22.6. The zero-order valence-corrected chi connectivity index (χ0v) is 30.6.